The molecule has 1 aliphatic rings. The zero-order valence-electron chi connectivity index (χ0n) is 16.7. The molecule has 0 unspecified atom stereocenters. The van der Waals surface area contributed by atoms with Gasteiger partial charge in [0.2, 0.25) is 0 Å². The highest BCUT2D eigenvalue weighted by molar-refractivity contribution is 6.01. The number of hydroxylamine groups is 2. The van der Waals surface area contributed by atoms with Crippen molar-refractivity contribution in [1.82, 2.24) is 10.4 Å². The van der Waals surface area contributed by atoms with Crippen molar-refractivity contribution in [3.8, 4) is 0 Å². The van der Waals surface area contributed by atoms with E-state index in [-0.39, 0.29) is 32.3 Å². The summed E-state index contributed by atoms with van der Waals surface area (Å²) in [7, 11) is 0. The maximum absolute atomic E-state index is 12.4. The molecule has 1 N–H and O–H groups in total. The number of rotatable bonds is 9. The third-order valence-electron chi connectivity index (χ3n) is 3.56. The van der Waals surface area contributed by atoms with Gasteiger partial charge in [-0.2, -0.15) is 0 Å². The highest BCUT2D eigenvalue weighted by atomic mass is 16.7. The van der Waals surface area contributed by atoms with Crippen molar-refractivity contribution in [2.45, 2.75) is 77.9 Å². The van der Waals surface area contributed by atoms with E-state index in [9.17, 15) is 24.0 Å². The molecule has 0 aromatic heterocycles. The second-order valence-corrected chi connectivity index (χ2v) is 7.30. The third kappa shape index (κ3) is 8.36. The molecular weight excluding hydrogens is 372 g/mol. The number of amides is 3. The van der Waals surface area contributed by atoms with Crippen molar-refractivity contribution >= 4 is 29.8 Å². The smallest absolute Gasteiger partial charge is 0.408 e. The fourth-order valence-electron chi connectivity index (χ4n) is 2.17. The second-order valence-electron chi connectivity index (χ2n) is 7.30. The first-order valence-electron chi connectivity index (χ1n) is 9.26. The summed E-state index contributed by atoms with van der Waals surface area (Å²) >= 11 is 0. The summed E-state index contributed by atoms with van der Waals surface area (Å²) in [5.74, 6) is -2.87. The van der Waals surface area contributed by atoms with Crippen molar-refractivity contribution in [3.63, 3.8) is 0 Å². The van der Waals surface area contributed by atoms with Crippen LogP contribution in [0.4, 0.5) is 4.79 Å². The van der Waals surface area contributed by atoms with Gasteiger partial charge in [0.25, 0.3) is 11.8 Å². The van der Waals surface area contributed by atoms with Gasteiger partial charge in [-0.05, 0) is 33.6 Å². The summed E-state index contributed by atoms with van der Waals surface area (Å²) in [6, 6.07) is -1.30. The average Bonchev–Trinajstić information content (AvgIpc) is 2.89. The predicted octanol–water partition coefficient (Wildman–Crippen LogP) is 1.61. The average molecular weight is 400 g/mol. The Kier molecular flexibility index (Phi) is 8.87. The van der Waals surface area contributed by atoms with Crippen LogP contribution >= 0.6 is 0 Å². The molecule has 1 fully saturated rings. The van der Waals surface area contributed by atoms with Crippen molar-refractivity contribution in [2.24, 2.45) is 0 Å². The first-order chi connectivity index (χ1) is 13.0. The number of carbonyl (C=O) groups is 5. The van der Waals surface area contributed by atoms with Gasteiger partial charge in [0, 0.05) is 19.3 Å². The Bertz CT molecular complexity index is 595. The van der Waals surface area contributed by atoms with Crippen molar-refractivity contribution < 1.29 is 38.3 Å². The van der Waals surface area contributed by atoms with Crippen LogP contribution in [0.3, 0.4) is 0 Å². The standard InChI is InChI=1S/C18H28N2O8/c1-5-6-11-26-15(23)10-7-12(19-17(25)27-18(2,3)4)16(24)28-20-13(21)8-9-14(20)22/h12H,5-11H2,1-4H3,(H,19,25)/t12-/m0/s1. The van der Waals surface area contributed by atoms with E-state index in [0.717, 1.165) is 6.42 Å². The van der Waals surface area contributed by atoms with Gasteiger partial charge < -0.3 is 19.6 Å². The first-order valence-corrected chi connectivity index (χ1v) is 9.26. The van der Waals surface area contributed by atoms with Crippen LogP contribution in [0.2, 0.25) is 0 Å². The minimum Gasteiger partial charge on any atom is -0.466 e. The fraction of sp³-hybridized carbons (Fsp3) is 0.722. The van der Waals surface area contributed by atoms with Crippen LogP contribution in [-0.2, 0) is 33.5 Å². The lowest BCUT2D eigenvalue weighted by Crippen LogP contribution is -2.47. The summed E-state index contributed by atoms with van der Waals surface area (Å²) in [4.78, 5) is 64.2. The van der Waals surface area contributed by atoms with E-state index in [4.69, 9.17) is 14.3 Å². The van der Waals surface area contributed by atoms with Gasteiger partial charge in [-0.25, -0.2) is 9.59 Å². The van der Waals surface area contributed by atoms with E-state index >= 15 is 0 Å². The number of hydrogen-bond acceptors (Lipinski definition) is 8. The molecular formula is C18H28N2O8. The molecule has 0 spiro atoms. The molecule has 0 aromatic carbocycles. The Morgan fingerprint density at radius 2 is 1.75 bits per heavy atom. The molecule has 10 heteroatoms. The van der Waals surface area contributed by atoms with Crippen LogP contribution in [0.25, 0.3) is 0 Å². The quantitative estimate of drug-likeness (QED) is 0.351. The van der Waals surface area contributed by atoms with Crippen LogP contribution < -0.4 is 5.32 Å². The number of unbranched alkanes of at least 4 members (excludes halogenated alkanes) is 1. The number of esters is 1. The summed E-state index contributed by atoms with van der Waals surface area (Å²) in [6.07, 6.45) is 0.265. The number of nitrogens with one attached hydrogen (secondary N) is 1. The molecule has 0 aliphatic carbocycles. The normalized spacial score (nSPS) is 15.2. The maximum Gasteiger partial charge on any atom is 0.408 e. The summed E-state index contributed by atoms with van der Waals surface area (Å²) in [5, 5.41) is 2.69. The molecule has 0 radical (unpaired) electrons. The van der Waals surface area contributed by atoms with Gasteiger partial charge in [-0.3, -0.25) is 14.4 Å². The van der Waals surface area contributed by atoms with E-state index < -0.39 is 41.5 Å². The van der Waals surface area contributed by atoms with Crippen molar-refractivity contribution in [3.05, 3.63) is 0 Å². The van der Waals surface area contributed by atoms with Gasteiger partial charge in [0.15, 0.2) is 0 Å². The number of carbonyl (C=O) groups excluding carboxylic acids is 5. The van der Waals surface area contributed by atoms with Gasteiger partial charge in [-0.1, -0.05) is 13.3 Å². The molecule has 10 nitrogen and oxygen atoms in total. The Morgan fingerprint density at radius 1 is 1.14 bits per heavy atom. The van der Waals surface area contributed by atoms with Crippen molar-refractivity contribution in [1.29, 1.82) is 0 Å². The monoisotopic (exact) mass is 400 g/mol. The Labute approximate surface area is 163 Å². The van der Waals surface area contributed by atoms with E-state index in [0.29, 0.717) is 11.5 Å². The van der Waals surface area contributed by atoms with Crippen LogP contribution in [0.1, 0.15) is 66.2 Å². The molecule has 1 heterocycles. The predicted molar refractivity (Wildman–Crippen MR) is 95.4 cm³/mol. The molecule has 1 aliphatic heterocycles. The summed E-state index contributed by atoms with van der Waals surface area (Å²) in [5.41, 5.74) is -0.807. The summed E-state index contributed by atoms with van der Waals surface area (Å²) in [6.45, 7) is 7.15. The largest absolute Gasteiger partial charge is 0.466 e. The van der Waals surface area contributed by atoms with E-state index in [2.05, 4.69) is 5.32 Å². The Hall–Kier alpha value is -2.65. The lowest BCUT2D eigenvalue weighted by molar-refractivity contribution is -0.199. The number of hydrogen-bond donors (Lipinski definition) is 1. The van der Waals surface area contributed by atoms with E-state index in [1.807, 2.05) is 6.92 Å². The summed E-state index contributed by atoms with van der Waals surface area (Å²) < 4.78 is 10.1. The molecule has 0 saturated carbocycles. The number of alkyl carbamates (subject to hydrolysis) is 1. The van der Waals surface area contributed by atoms with Crippen LogP contribution in [0, 0.1) is 0 Å². The number of ether oxygens (including phenoxy) is 2. The maximum atomic E-state index is 12.4. The third-order valence-corrected chi connectivity index (χ3v) is 3.56. The van der Waals surface area contributed by atoms with Crippen LogP contribution in [0.5, 0.6) is 0 Å². The lowest BCUT2D eigenvalue weighted by Gasteiger charge is -2.23. The SMILES string of the molecule is CCCCOC(=O)CC[C@H](NC(=O)OC(C)(C)C)C(=O)ON1C(=O)CCC1=O. The fourth-order valence-corrected chi connectivity index (χ4v) is 2.17. The zero-order chi connectivity index (χ0) is 21.3. The number of imide groups is 1. The number of nitrogens with zero attached hydrogens (tertiary/aromatic N) is 1. The molecule has 1 atom stereocenters. The van der Waals surface area contributed by atoms with E-state index in [1.165, 1.54) is 0 Å². The van der Waals surface area contributed by atoms with Gasteiger partial charge in [-0.15, -0.1) is 5.06 Å². The molecule has 28 heavy (non-hydrogen) atoms. The van der Waals surface area contributed by atoms with Crippen molar-refractivity contribution in [2.75, 3.05) is 6.61 Å². The molecule has 3 amide bonds. The second kappa shape index (κ2) is 10.6. The highest BCUT2D eigenvalue weighted by Crippen LogP contribution is 2.14. The molecule has 158 valence electrons. The molecule has 0 aromatic rings. The van der Waals surface area contributed by atoms with Crippen LogP contribution in [-0.4, -0.2) is 53.2 Å². The van der Waals surface area contributed by atoms with E-state index in [1.54, 1.807) is 20.8 Å². The van der Waals surface area contributed by atoms with Gasteiger partial charge in [0.1, 0.15) is 11.6 Å². The van der Waals surface area contributed by atoms with Gasteiger partial charge in [0.05, 0.1) is 6.61 Å². The lowest BCUT2D eigenvalue weighted by atomic mass is 10.1. The van der Waals surface area contributed by atoms with Gasteiger partial charge >= 0.3 is 18.0 Å². The molecule has 1 saturated heterocycles. The van der Waals surface area contributed by atoms with Crippen LogP contribution in [0.15, 0.2) is 0 Å². The Morgan fingerprint density at radius 3 is 2.29 bits per heavy atom. The minimum absolute atomic E-state index is 0.0555. The topological polar surface area (TPSA) is 128 Å². The Balaban J connectivity index is 2.71. The molecule has 0 bridgehead atoms. The first kappa shape index (κ1) is 23.4. The molecule has 1 rings (SSSR count). The zero-order valence-corrected chi connectivity index (χ0v) is 16.7. The minimum atomic E-state index is -1.30. The highest BCUT2D eigenvalue weighted by Gasteiger charge is 2.36.